The third kappa shape index (κ3) is 5.41. The summed E-state index contributed by atoms with van der Waals surface area (Å²) in [5, 5.41) is 2.75. The maximum absolute atomic E-state index is 13.1. The minimum absolute atomic E-state index is 0.188. The Morgan fingerprint density at radius 1 is 1.00 bits per heavy atom. The normalized spacial score (nSPS) is 12.5. The number of pyridine rings is 1. The third-order valence-corrected chi connectivity index (χ3v) is 4.35. The fourth-order valence-corrected chi connectivity index (χ4v) is 2.70. The van der Waals surface area contributed by atoms with Crippen molar-refractivity contribution in [3.05, 3.63) is 90.0 Å². The number of nitrogens with zero attached hydrogens (tertiary/aromatic N) is 1. The van der Waals surface area contributed by atoms with E-state index in [1.54, 1.807) is 61.7 Å². The molecule has 1 aromatic heterocycles. The Kier molecular flexibility index (Phi) is 6.75. The lowest BCUT2D eigenvalue weighted by Crippen LogP contribution is -2.37. The van der Waals surface area contributed by atoms with Gasteiger partial charge in [0, 0.05) is 6.20 Å². The summed E-state index contributed by atoms with van der Waals surface area (Å²) in [6, 6.07) is 15.4. The van der Waals surface area contributed by atoms with Crippen molar-refractivity contribution in [1.82, 2.24) is 10.3 Å². The van der Waals surface area contributed by atoms with Crippen LogP contribution in [0, 0.1) is 5.82 Å². The number of amides is 1. The average molecular weight is 408 g/mol. The van der Waals surface area contributed by atoms with Gasteiger partial charge in [0.25, 0.3) is 5.91 Å². The second kappa shape index (κ2) is 9.65. The van der Waals surface area contributed by atoms with Crippen molar-refractivity contribution in [2.24, 2.45) is 0 Å². The molecule has 0 radical (unpaired) electrons. The highest BCUT2D eigenvalue weighted by molar-refractivity contribution is 5.94. The first-order chi connectivity index (χ1) is 14.4. The number of ether oxygens (including phenoxy) is 2. The molecule has 0 aliphatic heterocycles. The summed E-state index contributed by atoms with van der Waals surface area (Å²) >= 11 is 0. The first-order valence-electron chi connectivity index (χ1n) is 9.38. The van der Waals surface area contributed by atoms with Crippen LogP contribution in [0.2, 0.25) is 0 Å². The molecule has 3 rings (SSSR count). The van der Waals surface area contributed by atoms with Crippen molar-refractivity contribution in [1.29, 1.82) is 0 Å². The van der Waals surface area contributed by atoms with Gasteiger partial charge in [-0.15, -0.1) is 0 Å². The van der Waals surface area contributed by atoms with Gasteiger partial charge >= 0.3 is 5.97 Å². The fraction of sp³-hybridized carbons (Fsp3) is 0.174. The number of carbonyl (C=O) groups excluding carboxylic acids is 2. The van der Waals surface area contributed by atoms with E-state index in [9.17, 15) is 14.0 Å². The largest absolute Gasteiger partial charge is 0.455 e. The van der Waals surface area contributed by atoms with E-state index in [0.29, 0.717) is 11.5 Å². The molecule has 30 heavy (non-hydrogen) atoms. The van der Waals surface area contributed by atoms with E-state index >= 15 is 0 Å². The van der Waals surface area contributed by atoms with Gasteiger partial charge in [-0.3, -0.25) is 9.78 Å². The molecule has 0 saturated heterocycles. The summed E-state index contributed by atoms with van der Waals surface area (Å²) in [5.41, 5.74) is 0.922. The lowest BCUT2D eigenvalue weighted by atomic mass is 10.1. The number of hydrogen-bond acceptors (Lipinski definition) is 5. The van der Waals surface area contributed by atoms with Crippen LogP contribution in [0.15, 0.2) is 73.1 Å². The van der Waals surface area contributed by atoms with E-state index < -0.39 is 18.0 Å². The minimum atomic E-state index is -1.04. The van der Waals surface area contributed by atoms with E-state index in [4.69, 9.17) is 9.47 Å². The number of esters is 1. The maximum Gasteiger partial charge on any atom is 0.342 e. The van der Waals surface area contributed by atoms with Gasteiger partial charge in [-0.2, -0.15) is 0 Å². The Labute approximate surface area is 173 Å². The van der Waals surface area contributed by atoms with E-state index in [0.717, 1.165) is 5.56 Å². The minimum Gasteiger partial charge on any atom is -0.455 e. The first-order valence-corrected chi connectivity index (χ1v) is 9.38. The summed E-state index contributed by atoms with van der Waals surface area (Å²) in [7, 11) is 0. The van der Waals surface area contributed by atoms with Gasteiger partial charge in [-0.25, -0.2) is 9.18 Å². The van der Waals surface area contributed by atoms with Crippen molar-refractivity contribution >= 4 is 11.9 Å². The molecule has 0 aliphatic carbocycles. The SMILES string of the molecule is CC(OC(=O)c1ccccc1Oc1cccnc1)C(=O)NC(C)c1ccc(F)cc1. The Morgan fingerprint density at radius 2 is 1.73 bits per heavy atom. The van der Waals surface area contributed by atoms with Crippen LogP contribution >= 0.6 is 0 Å². The van der Waals surface area contributed by atoms with Crippen LogP contribution in [0.3, 0.4) is 0 Å². The van der Waals surface area contributed by atoms with Crippen molar-refractivity contribution in [2.45, 2.75) is 26.0 Å². The van der Waals surface area contributed by atoms with Crippen LogP contribution in [0.5, 0.6) is 11.5 Å². The zero-order valence-electron chi connectivity index (χ0n) is 16.5. The summed E-state index contributed by atoms with van der Waals surface area (Å²) in [4.78, 5) is 29.0. The molecule has 1 N–H and O–H groups in total. The van der Waals surface area contributed by atoms with Gasteiger partial charge in [-0.1, -0.05) is 24.3 Å². The molecule has 6 nitrogen and oxygen atoms in total. The van der Waals surface area contributed by atoms with Gasteiger partial charge in [-0.05, 0) is 55.8 Å². The molecule has 1 amide bonds. The molecule has 2 aromatic carbocycles. The Balaban J connectivity index is 1.64. The number of halogens is 1. The highest BCUT2D eigenvalue weighted by Gasteiger charge is 2.23. The zero-order valence-corrected chi connectivity index (χ0v) is 16.5. The molecule has 2 atom stereocenters. The summed E-state index contributed by atoms with van der Waals surface area (Å²) in [6.45, 7) is 3.24. The Morgan fingerprint density at radius 3 is 2.43 bits per heavy atom. The molecule has 0 bridgehead atoms. The molecular weight excluding hydrogens is 387 g/mol. The average Bonchev–Trinajstić information content (AvgIpc) is 2.75. The molecule has 3 aromatic rings. The second-order valence-corrected chi connectivity index (χ2v) is 6.62. The number of nitrogens with one attached hydrogen (secondary N) is 1. The summed E-state index contributed by atoms with van der Waals surface area (Å²) in [5.74, 6) is -0.747. The lowest BCUT2D eigenvalue weighted by molar-refractivity contribution is -0.129. The number of para-hydroxylation sites is 1. The molecule has 0 aliphatic rings. The van der Waals surface area contributed by atoms with Crippen molar-refractivity contribution in [3.63, 3.8) is 0 Å². The van der Waals surface area contributed by atoms with E-state index in [1.165, 1.54) is 25.3 Å². The fourth-order valence-electron chi connectivity index (χ4n) is 2.70. The van der Waals surface area contributed by atoms with Crippen molar-refractivity contribution in [2.75, 3.05) is 0 Å². The molecule has 2 unspecified atom stereocenters. The van der Waals surface area contributed by atoms with Crippen molar-refractivity contribution < 1.29 is 23.5 Å². The number of rotatable bonds is 7. The second-order valence-electron chi connectivity index (χ2n) is 6.62. The van der Waals surface area contributed by atoms with Crippen LogP contribution in [-0.4, -0.2) is 23.0 Å². The summed E-state index contributed by atoms with van der Waals surface area (Å²) < 4.78 is 24.1. The zero-order chi connectivity index (χ0) is 21.5. The van der Waals surface area contributed by atoms with E-state index in [2.05, 4.69) is 10.3 Å². The maximum atomic E-state index is 13.1. The molecule has 0 saturated carbocycles. The molecule has 0 fully saturated rings. The first kappa shape index (κ1) is 21.0. The van der Waals surface area contributed by atoms with Crippen molar-refractivity contribution in [3.8, 4) is 11.5 Å². The van der Waals surface area contributed by atoms with Crippen LogP contribution in [0.4, 0.5) is 4.39 Å². The topological polar surface area (TPSA) is 77.5 Å². The Bertz CT molecular complexity index is 1010. The van der Waals surface area contributed by atoms with Gasteiger partial charge in [0.2, 0.25) is 0 Å². The quantitative estimate of drug-likeness (QED) is 0.585. The van der Waals surface area contributed by atoms with E-state index in [-0.39, 0.29) is 17.4 Å². The van der Waals surface area contributed by atoms with E-state index in [1.807, 2.05) is 0 Å². The monoisotopic (exact) mass is 408 g/mol. The predicted octanol–water partition coefficient (Wildman–Crippen LogP) is 4.44. The third-order valence-electron chi connectivity index (χ3n) is 4.35. The smallest absolute Gasteiger partial charge is 0.342 e. The van der Waals surface area contributed by atoms with Crippen LogP contribution < -0.4 is 10.1 Å². The highest BCUT2D eigenvalue weighted by atomic mass is 19.1. The van der Waals surface area contributed by atoms with Gasteiger partial charge in [0.05, 0.1) is 12.2 Å². The molecule has 7 heteroatoms. The standard InChI is InChI=1S/C23H21FN2O4/c1-15(17-9-11-18(24)12-10-17)26-22(27)16(2)29-23(28)20-7-3-4-8-21(20)30-19-6-5-13-25-14-19/h3-16H,1-2H3,(H,26,27). The number of hydrogen-bond donors (Lipinski definition) is 1. The van der Waals surface area contributed by atoms with Gasteiger partial charge in [0.15, 0.2) is 6.10 Å². The molecular formula is C23H21FN2O4. The molecule has 154 valence electrons. The van der Waals surface area contributed by atoms with Crippen LogP contribution in [-0.2, 0) is 9.53 Å². The number of aromatic nitrogens is 1. The molecule has 1 heterocycles. The van der Waals surface area contributed by atoms with Crippen LogP contribution in [0.25, 0.3) is 0 Å². The number of carbonyl (C=O) groups is 2. The van der Waals surface area contributed by atoms with Gasteiger partial charge < -0.3 is 14.8 Å². The van der Waals surface area contributed by atoms with Crippen LogP contribution in [0.1, 0.15) is 35.8 Å². The Hall–Kier alpha value is -3.74. The summed E-state index contributed by atoms with van der Waals surface area (Å²) in [6.07, 6.45) is 2.10. The van der Waals surface area contributed by atoms with Gasteiger partial charge in [0.1, 0.15) is 22.9 Å². The lowest BCUT2D eigenvalue weighted by Gasteiger charge is -2.19. The number of benzene rings is 2. The molecule has 0 spiro atoms. The predicted molar refractivity (Wildman–Crippen MR) is 109 cm³/mol. The highest BCUT2D eigenvalue weighted by Crippen LogP contribution is 2.25.